The fourth-order valence-electron chi connectivity index (χ4n) is 3.82. The summed E-state index contributed by atoms with van der Waals surface area (Å²) in [6.45, 7) is 6.15. The van der Waals surface area contributed by atoms with Crippen molar-refractivity contribution in [3.63, 3.8) is 0 Å². The third kappa shape index (κ3) is 5.98. The summed E-state index contributed by atoms with van der Waals surface area (Å²) in [5, 5.41) is 3.23. The molecule has 0 bridgehead atoms. The minimum absolute atomic E-state index is 0.0735. The van der Waals surface area contributed by atoms with Gasteiger partial charge in [-0.1, -0.05) is 15.9 Å². The number of aryl methyl sites for hydroxylation is 1. The molecule has 0 atom stereocenters. The summed E-state index contributed by atoms with van der Waals surface area (Å²) in [4.78, 5) is 11.6. The molecule has 0 unspecified atom stereocenters. The van der Waals surface area contributed by atoms with Gasteiger partial charge in [0.25, 0.3) is 10.0 Å². The van der Waals surface area contributed by atoms with E-state index in [1.54, 1.807) is 36.4 Å². The Morgan fingerprint density at radius 2 is 1.71 bits per heavy atom. The molecule has 1 aliphatic rings. The zero-order chi connectivity index (χ0) is 24.1. The van der Waals surface area contributed by atoms with E-state index in [1.807, 2.05) is 19.9 Å². The molecular formula is C24H28BrN5O3S. The van der Waals surface area contributed by atoms with Crippen LogP contribution >= 0.6 is 15.9 Å². The highest BCUT2D eigenvalue weighted by atomic mass is 79.9. The molecule has 0 amide bonds. The summed E-state index contributed by atoms with van der Waals surface area (Å²) < 4.78 is 34.8. The van der Waals surface area contributed by atoms with Crippen LogP contribution in [0.5, 0.6) is 5.75 Å². The SMILES string of the molecule is CCOc1ccc(Br)cc1S(=O)(=O)Nc1ccc(Nc2nc(C)cc(N3CCCCC3)n2)cc1. The molecule has 2 aromatic carbocycles. The van der Waals surface area contributed by atoms with Gasteiger partial charge in [-0.15, -0.1) is 0 Å². The Morgan fingerprint density at radius 1 is 1.00 bits per heavy atom. The standard InChI is InChI=1S/C24H28BrN5O3S/c1-3-33-21-12-7-18(25)16-22(21)34(31,32)29-20-10-8-19(9-11-20)27-24-26-17(2)15-23(28-24)30-13-5-4-6-14-30/h7-12,15-16,29H,3-6,13-14H2,1-2H3,(H,26,27,28). The molecule has 3 aromatic rings. The highest BCUT2D eigenvalue weighted by molar-refractivity contribution is 9.10. The van der Waals surface area contributed by atoms with Gasteiger partial charge in [0, 0.05) is 40.7 Å². The highest BCUT2D eigenvalue weighted by Crippen LogP contribution is 2.30. The van der Waals surface area contributed by atoms with Crippen LogP contribution in [0.1, 0.15) is 31.9 Å². The number of piperidine rings is 1. The monoisotopic (exact) mass is 545 g/mol. The molecule has 8 nitrogen and oxygen atoms in total. The predicted octanol–water partition coefficient (Wildman–Crippen LogP) is 5.48. The molecule has 0 radical (unpaired) electrons. The molecule has 1 saturated heterocycles. The van der Waals surface area contributed by atoms with Crippen LogP contribution in [-0.2, 0) is 10.0 Å². The zero-order valence-electron chi connectivity index (χ0n) is 19.2. The molecule has 34 heavy (non-hydrogen) atoms. The van der Waals surface area contributed by atoms with Crippen molar-refractivity contribution in [1.82, 2.24) is 9.97 Å². The van der Waals surface area contributed by atoms with E-state index in [1.165, 1.54) is 25.3 Å². The first-order valence-electron chi connectivity index (χ1n) is 11.3. The smallest absolute Gasteiger partial charge is 0.265 e. The first-order chi connectivity index (χ1) is 16.3. The lowest BCUT2D eigenvalue weighted by molar-refractivity contribution is 0.331. The third-order valence-corrected chi connectivity index (χ3v) is 7.30. The summed E-state index contributed by atoms with van der Waals surface area (Å²) in [5.41, 5.74) is 2.09. The Kier molecular flexibility index (Phi) is 7.57. The van der Waals surface area contributed by atoms with Crippen molar-refractivity contribution in [2.45, 2.75) is 38.0 Å². The van der Waals surface area contributed by atoms with Crippen molar-refractivity contribution < 1.29 is 13.2 Å². The Labute approximate surface area is 209 Å². The Balaban J connectivity index is 1.49. The number of benzene rings is 2. The molecule has 0 spiro atoms. The van der Waals surface area contributed by atoms with Crippen LogP contribution in [0.15, 0.2) is 57.9 Å². The van der Waals surface area contributed by atoms with Crippen LogP contribution < -0.4 is 19.7 Å². The number of hydrogen-bond acceptors (Lipinski definition) is 7. The second kappa shape index (κ2) is 10.6. The van der Waals surface area contributed by atoms with Gasteiger partial charge in [-0.25, -0.2) is 13.4 Å². The van der Waals surface area contributed by atoms with Gasteiger partial charge in [-0.05, 0) is 75.6 Å². The molecule has 180 valence electrons. The predicted molar refractivity (Wildman–Crippen MR) is 139 cm³/mol. The maximum atomic E-state index is 13.0. The minimum Gasteiger partial charge on any atom is -0.492 e. The number of sulfonamides is 1. The maximum absolute atomic E-state index is 13.0. The van der Waals surface area contributed by atoms with Crippen molar-refractivity contribution in [1.29, 1.82) is 0 Å². The van der Waals surface area contributed by atoms with Crippen LogP contribution in [-0.4, -0.2) is 38.1 Å². The molecular weight excluding hydrogens is 518 g/mol. The van der Waals surface area contributed by atoms with Gasteiger partial charge in [0.05, 0.1) is 6.61 Å². The van der Waals surface area contributed by atoms with Crippen LogP contribution in [0.2, 0.25) is 0 Å². The van der Waals surface area contributed by atoms with Gasteiger partial charge >= 0.3 is 0 Å². The van der Waals surface area contributed by atoms with Crippen molar-refractivity contribution in [2.75, 3.05) is 34.6 Å². The quantitative estimate of drug-likeness (QED) is 0.386. The molecule has 10 heteroatoms. The summed E-state index contributed by atoms with van der Waals surface area (Å²) in [6.07, 6.45) is 3.61. The van der Waals surface area contributed by atoms with Crippen molar-refractivity contribution in [3.8, 4) is 5.75 Å². The number of hydrogen-bond donors (Lipinski definition) is 2. The van der Waals surface area contributed by atoms with E-state index in [4.69, 9.17) is 4.74 Å². The molecule has 1 fully saturated rings. The summed E-state index contributed by atoms with van der Waals surface area (Å²) in [7, 11) is -3.84. The number of nitrogens with zero attached hydrogens (tertiary/aromatic N) is 3. The van der Waals surface area contributed by atoms with Crippen LogP contribution in [0.25, 0.3) is 0 Å². The molecule has 0 saturated carbocycles. The molecule has 0 aliphatic carbocycles. The van der Waals surface area contributed by atoms with E-state index < -0.39 is 10.0 Å². The lowest BCUT2D eigenvalue weighted by atomic mass is 10.1. The van der Waals surface area contributed by atoms with Gasteiger partial charge in [0.15, 0.2) is 0 Å². The summed E-state index contributed by atoms with van der Waals surface area (Å²) in [6, 6.07) is 13.9. The van der Waals surface area contributed by atoms with E-state index in [-0.39, 0.29) is 4.90 Å². The Morgan fingerprint density at radius 3 is 2.41 bits per heavy atom. The van der Waals surface area contributed by atoms with Gasteiger partial charge in [0.1, 0.15) is 16.5 Å². The average Bonchev–Trinajstić information content (AvgIpc) is 2.82. The fraction of sp³-hybridized carbons (Fsp3) is 0.333. The second-order valence-corrected chi connectivity index (χ2v) is 10.6. The first-order valence-corrected chi connectivity index (χ1v) is 13.5. The van der Waals surface area contributed by atoms with Crippen molar-refractivity contribution in [2.24, 2.45) is 0 Å². The highest BCUT2D eigenvalue weighted by Gasteiger charge is 2.20. The fourth-order valence-corrected chi connectivity index (χ4v) is 5.56. The van der Waals surface area contributed by atoms with Crippen molar-refractivity contribution >= 4 is 49.1 Å². The largest absolute Gasteiger partial charge is 0.492 e. The zero-order valence-corrected chi connectivity index (χ0v) is 21.6. The van der Waals surface area contributed by atoms with Crippen LogP contribution in [0.4, 0.5) is 23.1 Å². The topological polar surface area (TPSA) is 96.5 Å². The van der Waals surface area contributed by atoms with E-state index in [0.717, 1.165) is 30.3 Å². The number of aromatic nitrogens is 2. The second-order valence-electron chi connectivity index (χ2n) is 8.07. The lowest BCUT2D eigenvalue weighted by Gasteiger charge is -2.28. The van der Waals surface area contributed by atoms with Gasteiger partial charge in [0.2, 0.25) is 5.95 Å². The van der Waals surface area contributed by atoms with Crippen molar-refractivity contribution in [3.05, 3.63) is 58.7 Å². The third-order valence-electron chi connectivity index (χ3n) is 5.41. The Hall–Kier alpha value is -2.85. The van der Waals surface area contributed by atoms with Gasteiger partial charge in [-0.2, -0.15) is 4.98 Å². The van der Waals surface area contributed by atoms with E-state index in [9.17, 15) is 8.42 Å². The summed E-state index contributed by atoms with van der Waals surface area (Å²) in [5.74, 6) is 1.75. The Bertz CT molecular complexity index is 1250. The molecule has 4 rings (SSSR count). The number of rotatable bonds is 8. The summed E-state index contributed by atoms with van der Waals surface area (Å²) >= 11 is 3.33. The van der Waals surface area contributed by atoms with Gasteiger partial charge in [-0.3, -0.25) is 4.72 Å². The molecule has 1 aromatic heterocycles. The van der Waals surface area contributed by atoms with E-state index >= 15 is 0 Å². The first kappa shape index (κ1) is 24.3. The lowest BCUT2D eigenvalue weighted by Crippen LogP contribution is -2.30. The van der Waals surface area contributed by atoms with Gasteiger partial charge < -0.3 is 15.0 Å². The van der Waals surface area contributed by atoms with E-state index in [2.05, 4.69) is 40.8 Å². The number of anilines is 4. The molecule has 1 aliphatic heterocycles. The maximum Gasteiger partial charge on any atom is 0.265 e. The number of nitrogens with one attached hydrogen (secondary N) is 2. The van der Waals surface area contributed by atoms with E-state index in [0.29, 0.717) is 28.5 Å². The average molecular weight is 546 g/mol. The minimum atomic E-state index is -3.84. The number of halogens is 1. The van der Waals surface area contributed by atoms with Crippen LogP contribution in [0.3, 0.4) is 0 Å². The molecule has 2 N–H and O–H groups in total. The molecule has 2 heterocycles. The normalized spacial score (nSPS) is 14.0. The number of ether oxygens (including phenoxy) is 1. The van der Waals surface area contributed by atoms with Crippen LogP contribution in [0, 0.1) is 6.92 Å².